The number of rotatable bonds is 4. The smallest absolute Gasteiger partial charge is 0.341 e. The van der Waals surface area contributed by atoms with Crippen molar-refractivity contribution in [3.05, 3.63) is 57.7 Å². The molecule has 0 saturated heterocycles. The number of hydrogen-bond acceptors (Lipinski definition) is 2. The molecule has 2 rings (SSSR count). The SMILES string of the molecule is CC[NH+]1C=C(C(=O)NCc2ccc(Cl)cc2Cl)C=CC1=O. The number of likely N-dealkylation sites (N-methyl/N-ethyl adjacent to an activating group) is 1. The van der Waals surface area contributed by atoms with Gasteiger partial charge >= 0.3 is 5.91 Å². The van der Waals surface area contributed by atoms with Crippen LogP contribution in [-0.2, 0) is 16.1 Å². The Balaban J connectivity index is 2.02. The van der Waals surface area contributed by atoms with Gasteiger partial charge in [0.2, 0.25) is 0 Å². The van der Waals surface area contributed by atoms with Gasteiger partial charge in [-0.25, -0.2) is 9.69 Å². The van der Waals surface area contributed by atoms with Crippen LogP contribution < -0.4 is 10.2 Å². The van der Waals surface area contributed by atoms with Crippen LogP contribution >= 0.6 is 23.2 Å². The van der Waals surface area contributed by atoms with Gasteiger partial charge in [0.05, 0.1) is 12.1 Å². The quantitative estimate of drug-likeness (QED) is 0.881. The van der Waals surface area contributed by atoms with Gasteiger partial charge in [-0.1, -0.05) is 29.3 Å². The molecule has 1 heterocycles. The van der Waals surface area contributed by atoms with E-state index in [1.54, 1.807) is 24.4 Å². The van der Waals surface area contributed by atoms with Crippen LogP contribution in [0.4, 0.5) is 0 Å². The van der Waals surface area contributed by atoms with Gasteiger partial charge in [0.15, 0.2) is 0 Å². The second-order valence-corrected chi connectivity index (χ2v) is 5.44. The Morgan fingerprint density at radius 2 is 2.05 bits per heavy atom. The molecule has 110 valence electrons. The summed E-state index contributed by atoms with van der Waals surface area (Å²) < 4.78 is 0. The summed E-state index contributed by atoms with van der Waals surface area (Å²) in [4.78, 5) is 24.2. The van der Waals surface area contributed by atoms with Gasteiger partial charge in [-0.3, -0.25) is 4.79 Å². The Morgan fingerprint density at radius 1 is 1.29 bits per heavy atom. The lowest BCUT2D eigenvalue weighted by molar-refractivity contribution is -0.759. The predicted octanol–water partition coefficient (Wildman–Crippen LogP) is 1.49. The molecule has 1 aromatic carbocycles. The second-order valence-electron chi connectivity index (χ2n) is 4.59. The van der Waals surface area contributed by atoms with Crippen LogP contribution in [0.1, 0.15) is 12.5 Å². The molecule has 1 atom stereocenters. The van der Waals surface area contributed by atoms with Crippen molar-refractivity contribution >= 4 is 35.0 Å². The molecule has 0 spiro atoms. The summed E-state index contributed by atoms with van der Waals surface area (Å²) in [5.41, 5.74) is 1.25. The van der Waals surface area contributed by atoms with E-state index in [-0.39, 0.29) is 11.8 Å². The molecule has 0 saturated carbocycles. The van der Waals surface area contributed by atoms with E-state index < -0.39 is 0 Å². The number of quaternary nitrogens is 1. The predicted molar refractivity (Wildman–Crippen MR) is 82.0 cm³/mol. The van der Waals surface area contributed by atoms with Crippen LogP contribution in [-0.4, -0.2) is 18.4 Å². The first-order valence-corrected chi connectivity index (χ1v) is 7.29. The van der Waals surface area contributed by atoms with Gasteiger partial charge in [0.1, 0.15) is 6.20 Å². The number of halogens is 2. The maximum absolute atomic E-state index is 12.1. The van der Waals surface area contributed by atoms with Crippen LogP contribution in [0.2, 0.25) is 10.0 Å². The highest BCUT2D eigenvalue weighted by Gasteiger charge is 2.21. The van der Waals surface area contributed by atoms with Gasteiger partial charge < -0.3 is 5.32 Å². The van der Waals surface area contributed by atoms with Gasteiger partial charge in [-0.2, -0.15) is 0 Å². The summed E-state index contributed by atoms with van der Waals surface area (Å²) in [5, 5.41) is 3.83. The lowest BCUT2D eigenvalue weighted by atomic mass is 10.1. The molecule has 0 fully saturated rings. The number of amides is 2. The molecule has 2 amide bonds. The number of hydrogen-bond donors (Lipinski definition) is 2. The largest absolute Gasteiger partial charge is 0.348 e. The third-order valence-electron chi connectivity index (χ3n) is 3.16. The topological polar surface area (TPSA) is 50.6 Å². The zero-order valence-corrected chi connectivity index (χ0v) is 13.0. The van der Waals surface area contributed by atoms with Crippen LogP contribution in [0.3, 0.4) is 0 Å². The minimum atomic E-state index is -0.240. The first-order chi connectivity index (χ1) is 10.0. The molecule has 4 nitrogen and oxygen atoms in total. The van der Waals surface area contributed by atoms with Gasteiger partial charge in [0.25, 0.3) is 5.91 Å². The minimum absolute atomic E-state index is 0.0465. The van der Waals surface area contributed by atoms with E-state index in [0.29, 0.717) is 33.6 Å². The number of nitrogens with one attached hydrogen (secondary N) is 2. The Morgan fingerprint density at radius 3 is 2.71 bits per heavy atom. The molecular weight excluding hydrogens is 311 g/mol. The fourth-order valence-corrected chi connectivity index (χ4v) is 2.41. The van der Waals surface area contributed by atoms with Crippen molar-refractivity contribution in [3.8, 4) is 0 Å². The van der Waals surface area contributed by atoms with Crippen LogP contribution in [0.5, 0.6) is 0 Å². The van der Waals surface area contributed by atoms with Crippen molar-refractivity contribution in [2.75, 3.05) is 6.54 Å². The fourth-order valence-electron chi connectivity index (χ4n) is 1.94. The number of carbonyl (C=O) groups excluding carboxylic acids is 2. The summed E-state index contributed by atoms with van der Waals surface area (Å²) in [7, 11) is 0. The average Bonchev–Trinajstić information content (AvgIpc) is 2.46. The standard InChI is InChI=1S/C15H14Cl2N2O2/c1-2-19-9-11(4-6-14(19)20)15(21)18-8-10-3-5-12(16)7-13(10)17/h3-7,9H,2,8H2,1H3,(H,18,21)/p+1. The minimum Gasteiger partial charge on any atom is -0.348 e. The fraction of sp³-hybridized carbons (Fsp3) is 0.200. The zero-order chi connectivity index (χ0) is 15.4. The van der Waals surface area contributed by atoms with E-state index in [1.165, 1.54) is 12.2 Å². The molecule has 1 aliphatic heterocycles. The van der Waals surface area contributed by atoms with E-state index in [4.69, 9.17) is 23.2 Å². The molecule has 1 aliphatic rings. The molecule has 21 heavy (non-hydrogen) atoms. The molecule has 0 bridgehead atoms. The van der Waals surface area contributed by atoms with Crippen molar-refractivity contribution in [1.29, 1.82) is 0 Å². The molecule has 0 radical (unpaired) electrons. The molecule has 0 aromatic heterocycles. The maximum atomic E-state index is 12.1. The maximum Gasteiger partial charge on any atom is 0.341 e. The molecule has 6 heteroatoms. The summed E-state index contributed by atoms with van der Waals surface area (Å²) >= 11 is 11.9. The molecule has 1 aromatic rings. The number of benzene rings is 1. The molecule has 2 N–H and O–H groups in total. The average molecular weight is 326 g/mol. The summed E-state index contributed by atoms with van der Waals surface area (Å²) in [6.45, 7) is 2.78. The first-order valence-electron chi connectivity index (χ1n) is 6.53. The van der Waals surface area contributed by atoms with Crippen molar-refractivity contribution in [2.24, 2.45) is 0 Å². The van der Waals surface area contributed by atoms with E-state index in [1.807, 2.05) is 6.92 Å². The first kappa shape index (κ1) is 15.8. The van der Waals surface area contributed by atoms with Crippen molar-refractivity contribution in [3.63, 3.8) is 0 Å². The van der Waals surface area contributed by atoms with Crippen molar-refractivity contribution in [1.82, 2.24) is 5.32 Å². The number of carbonyl (C=O) groups is 2. The van der Waals surface area contributed by atoms with Crippen molar-refractivity contribution in [2.45, 2.75) is 13.5 Å². The van der Waals surface area contributed by atoms with E-state index in [0.717, 1.165) is 5.56 Å². The summed E-state index contributed by atoms with van der Waals surface area (Å²) in [6.07, 6.45) is 4.57. The second kappa shape index (κ2) is 6.89. The van der Waals surface area contributed by atoms with Crippen LogP contribution in [0.25, 0.3) is 0 Å². The van der Waals surface area contributed by atoms with E-state index >= 15 is 0 Å². The Bertz CT molecular complexity index is 639. The molecule has 1 unspecified atom stereocenters. The van der Waals surface area contributed by atoms with Crippen LogP contribution in [0, 0.1) is 0 Å². The van der Waals surface area contributed by atoms with Crippen molar-refractivity contribution < 1.29 is 14.5 Å². The lowest BCUT2D eigenvalue weighted by Gasteiger charge is -2.14. The zero-order valence-electron chi connectivity index (χ0n) is 11.5. The van der Waals surface area contributed by atoms with E-state index in [2.05, 4.69) is 5.32 Å². The third kappa shape index (κ3) is 3.94. The highest BCUT2D eigenvalue weighted by atomic mass is 35.5. The van der Waals surface area contributed by atoms with Crippen LogP contribution in [0.15, 0.2) is 42.1 Å². The van der Waals surface area contributed by atoms with Gasteiger partial charge in [-0.05, 0) is 30.7 Å². The highest BCUT2D eigenvalue weighted by Crippen LogP contribution is 2.20. The summed E-state index contributed by atoms with van der Waals surface area (Å²) in [6, 6.07) is 5.12. The molecular formula is C15H15Cl2N2O2+. The van der Waals surface area contributed by atoms with Gasteiger partial charge in [0, 0.05) is 22.7 Å². The highest BCUT2D eigenvalue weighted by molar-refractivity contribution is 6.35. The Hall–Kier alpha value is -1.62. The Kier molecular flexibility index (Phi) is 5.17. The third-order valence-corrected chi connectivity index (χ3v) is 3.75. The Labute approximate surface area is 133 Å². The monoisotopic (exact) mass is 325 g/mol. The van der Waals surface area contributed by atoms with E-state index in [9.17, 15) is 9.59 Å². The summed E-state index contributed by atoms with van der Waals surface area (Å²) in [5.74, 6) is -0.287. The normalized spacial score (nSPS) is 17.6. The molecule has 0 aliphatic carbocycles. The lowest BCUT2D eigenvalue weighted by Crippen LogP contribution is -3.10. The van der Waals surface area contributed by atoms with Gasteiger partial charge in [-0.15, -0.1) is 0 Å².